The molecule has 0 saturated heterocycles. The smallest absolute Gasteiger partial charge is 0.223 e. The lowest BCUT2D eigenvalue weighted by Gasteiger charge is -2.05. The van der Waals surface area contributed by atoms with Gasteiger partial charge in [0, 0.05) is 12.6 Å². The molecule has 0 atom stereocenters. The summed E-state index contributed by atoms with van der Waals surface area (Å²) in [5, 5.41) is 3.58. The van der Waals surface area contributed by atoms with E-state index >= 15 is 0 Å². The van der Waals surface area contributed by atoms with Gasteiger partial charge in [-0.05, 0) is 18.8 Å². The van der Waals surface area contributed by atoms with Crippen molar-refractivity contribution in [1.82, 2.24) is 9.97 Å². The monoisotopic (exact) mass is 226 g/mol. The van der Waals surface area contributed by atoms with Crippen LogP contribution in [0.25, 0.3) is 0 Å². The van der Waals surface area contributed by atoms with Gasteiger partial charge < -0.3 is 11.1 Å². The number of hydrogen-bond acceptors (Lipinski definition) is 4. The number of rotatable bonds is 5. The fourth-order valence-corrected chi connectivity index (χ4v) is 1.73. The van der Waals surface area contributed by atoms with E-state index < -0.39 is 0 Å². The Morgan fingerprint density at radius 2 is 2.27 bits per heavy atom. The predicted octanol–water partition coefficient (Wildman–Crippen LogP) is 2.31. The molecule has 1 aliphatic rings. The number of nitrogen functional groups attached to an aromatic ring is 1. The largest absolute Gasteiger partial charge is 0.370 e. The van der Waals surface area contributed by atoms with Gasteiger partial charge in [-0.25, -0.2) is 4.98 Å². The summed E-state index contributed by atoms with van der Waals surface area (Å²) in [5.74, 6) is 1.90. The molecule has 1 aromatic rings. The van der Waals surface area contributed by atoms with Gasteiger partial charge in [0.05, 0.1) is 0 Å². The van der Waals surface area contributed by atoms with Crippen LogP contribution in [0.5, 0.6) is 0 Å². The molecule has 2 rings (SSSR count). The summed E-state index contributed by atoms with van der Waals surface area (Å²) < 4.78 is 0. The fraction of sp³-hybridized carbons (Fsp3) is 0.600. The molecule has 1 saturated carbocycles. The third kappa shape index (κ3) is 3.55. The van der Waals surface area contributed by atoms with Crippen LogP contribution in [-0.2, 0) is 0 Å². The minimum atomic E-state index is 0.215. The van der Waals surface area contributed by atoms with Gasteiger partial charge >= 0.3 is 0 Å². The molecule has 82 valence electrons. The second-order valence-electron chi connectivity index (χ2n) is 3.95. The lowest BCUT2D eigenvalue weighted by molar-refractivity contribution is 0.686. The minimum absolute atomic E-state index is 0.215. The van der Waals surface area contributed by atoms with Crippen LogP contribution >= 0.6 is 11.6 Å². The molecule has 0 amide bonds. The Bertz CT molecular complexity index is 318. The molecule has 0 radical (unpaired) electrons. The summed E-state index contributed by atoms with van der Waals surface area (Å²) in [4.78, 5) is 7.83. The molecule has 0 spiro atoms. The molecule has 1 aliphatic carbocycles. The maximum atomic E-state index is 5.75. The molecule has 1 heterocycles. The van der Waals surface area contributed by atoms with Crippen molar-refractivity contribution in [3.05, 3.63) is 11.2 Å². The van der Waals surface area contributed by atoms with Crippen molar-refractivity contribution in [2.24, 2.45) is 5.92 Å². The number of hydrogen-bond donors (Lipinski definition) is 2. The Hall–Kier alpha value is -1.03. The molecule has 0 unspecified atom stereocenters. The standard InChI is InChI=1S/C10H15ClN4/c11-8-6-9(15-10(12)14-8)13-5-1-2-7-3-4-7/h6-7H,1-5H2,(H3,12,13,14,15). The zero-order valence-electron chi connectivity index (χ0n) is 8.54. The van der Waals surface area contributed by atoms with Crippen LogP contribution in [0, 0.1) is 5.92 Å². The quantitative estimate of drug-likeness (QED) is 0.598. The van der Waals surface area contributed by atoms with Crippen LogP contribution in [0.2, 0.25) is 5.15 Å². The van der Waals surface area contributed by atoms with Crippen molar-refractivity contribution >= 4 is 23.4 Å². The van der Waals surface area contributed by atoms with Gasteiger partial charge in [0.1, 0.15) is 11.0 Å². The Balaban J connectivity index is 1.76. The summed E-state index contributed by atoms with van der Waals surface area (Å²) in [6.07, 6.45) is 5.30. The SMILES string of the molecule is Nc1nc(Cl)cc(NCCCC2CC2)n1. The third-order valence-corrected chi connectivity index (χ3v) is 2.70. The highest BCUT2D eigenvalue weighted by Gasteiger charge is 2.19. The van der Waals surface area contributed by atoms with Gasteiger partial charge in [-0.3, -0.25) is 0 Å². The van der Waals surface area contributed by atoms with E-state index in [0.717, 1.165) is 12.5 Å². The summed E-state index contributed by atoms with van der Waals surface area (Å²) in [5.41, 5.74) is 5.48. The first-order valence-corrected chi connectivity index (χ1v) is 5.66. The van der Waals surface area contributed by atoms with Crippen LogP contribution in [0.4, 0.5) is 11.8 Å². The van der Waals surface area contributed by atoms with E-state index in [1.165, 1.54) is 25.7 Å². The lowest BCUT2D eigenvalue weighted by Crippen LogP contribution is -2.06. The first-order valence-electron chi connectivity index (χ1n) is 5.28. The van der Waals surface area contributed by atoms with E-state index in [0.29, 0.717) is 11.0 Å². The molecule has 3 N–H and O–H groups in total. The Labute approximate surface area is 94.2 Å². The van der Waals surface area contributed by atoms with E-state index in [2.05, 4.69) is 15.3 Å². The second-order valence-corrected chi connectivity index (χ2v) is 4.33. The topological polar surface area (TPSA) is 63.8 Å². The predicted molar refractivity (Wildman–Crippen MR) is 61.9 cm³/mol. The van der Waals surface area contributed by atoms with Gasteiger partial charge in [-0.2, -0.15) is 4.98 Å². The Morgan fingerprint density at radius 1 is 1.47 bits per heavy atom. The summed E-state index contributed by atoms with van der Waals surface area (Å²) in [6.45, 7) is 0.920. The summed E-state index contributed by atoms with van der Waals surface area (Å²) >= 11 is 5.75. The number of nitrogens with two attached hydrogens (primary N) is 1. The van der Waals surface area contributed by atoms with Gasteiger partial charge in [-0.1, -0.05) is 24.4 Å². The maximum Gasteiger partial charge on any atom is 0.223 e. The fourth-order valence-electron chi connectivity index (χ4n) is 1.54. The van der Waals surface area contributed by atoms with Crippen LogP contribution in [0.15, 0.2) is 6.07 Å². The molecule has 15 heavy (non-hydrogen) atoms. The maximum absolute atomic E-state index is 5.75. The van der Waals surface area contributed by atoms with Crippen molar-refractivity contribution in [1.29, 1.82) is 0 Å². The van der Waals surface area contributed by atoms with Crippen LogP contribution in [0.3, 0.4) is 0 Å². The molecule has 0 aromatic carbocycles. The van der Waals surface area contributed by atoms with Crippen molar-refractivity contribution in [2.45, 2.75) is 25.7 Å². The molecule has 5 heteroatoms. The molecule has 0 aliphatic heterocycles. The molecule has 0 bridgehead atoms. The number of anilines is 2. The first-order chi connectivity index (χ1) is 7.24. The molecular formula is C10H15ClN4. The average molecular weight is 227 g/mol. The Morgan fingerprint density at radius 3 is 2.93 bits per heavy atom. The van der Waals surface area contributed by atoms with Gasteiger partial charge in [0.15, 0.2) is 0 Å². The molecule has 4 nitrogen and oxygen atoms in total. The van der Waals surface area contributed by atoms with E-state index in [1.54, 1.807) is 6.07 Å². The van der Waals surface area contributed by atoms with Crippen molar-refractivity contribution in [2.75, 3.05) is 17.6 Å². The molecular weight excluding hydrogens is 212 g/mol. The third-order valence-electron chi connectivity index (χ3n) is 2.50. The van der Waals surface area contributed by atoms with E-state index in [4.69, 9.17) is 17.3 Å². The van der Waals surface area contributed by atoms with Crippen LogP contribution < -0.4 is 11.1 Å². The first kappa shape index (κ1) is 10.5. The van der Waals surface area contributed by atoms with Gasteiger partial charge in [-0.15, -0.1) is 0 Å². The van der Waals surface area contributed by atoms with E-state index in [1.807, 2.05) is 0 Å². The highest BCUT2D eigenvalue weighted by molar-refractivity contribution is 6.29. The number of aromatic nitrogens is 2. The average Bonchev–Trinajstić information content (AvgIpc) is 2.94. The zero-order valence-corrected chi connectivity index (χ0v) is 9.30. The van der Waals surface area contributed by atoms with E-state index in [9.17, 15) is 0 Å². The van der Waals surface area contributed by atoms with E-state index in [-0.39, 0.29) is 5.95 Å². The van der Waals surface area contributed by atoms with Crippen LogP contribution in [0.1, 0.15) is 25.7 Å². The zero-order chi connectivity index (χ0) is 10.7. The van der Waals surface area contributed by atoms with Crippen LogP contribution in [-0.4, -0.2) is 16.5 Å². The summed E-state index contributed by atoms with van der Waals surface area (Å²) in [7, 11) is 0. The van der Waals surface area contributed by atoms with Crippen molar-refractivity contribution < 1.29 is 0 Å². The lowest BCUT2D eigenvalue weighted by atomic mass is 10.2. The number of nitrogens with one attached hydrogen (secondary N) is 1. The highest BCUT2D eigenvalue weighted by Crippen LogP contribution is 2.33. The molecule has 1 fully saturated rings. The molecule has 1 aromatic heterocycles. The normalized spacial score (nSPS) is 15.3. The van der Waals surface area contributed by atoms with Gasteiger partial charge in [0.2, 0.25) is 5.95 Å². The number of nitrogens with zero attached hydrogens (tertiary/aromatic N) is 2. The number of halogens is 1. The minimum Gasteiger partial charge on any atom is -0.370 e. The van der Waals surface area contributed by atoms with Gasteiger partial charge in [0.25, 0.3) is 0 Å². The van der Waals surface area contributed by atoms with Crippen molar-refractivity contribution in [3.8, 4) is 0 Å². The Kier molecular flexibility index (Phi) is 3.26. The summed E-state index contributed by atoms with van der Waals surface area (Å²) in [6, 6.07) is 1.69. The highest BCUT2D eigenvalue weighted by atomic mass is 35.5. The second kappa shape index (κ2) is 4.66. The van der Waals surface area contributed by atoms with Crippen molar-refractivity contribution in [3.63, 3.8) is 0 Å².